The highest BCUT2D eigenvalue weighted by Gasteiger charge is 2.17. The lowest BCUT2D eigenvalue weighted by Crippen LogP contribution is -2.14. The first-order valence-corrected chi connectivity index (χ1v) is 4.64. The lowest BCUT2D eigenvalue weighted by Gasteiger charge is -2.09. The molecule has 1 aromatic heterocycles. The van der Waals surface area contributed by atoms with Crippen LogP contribution in [0, 0.1) is 12.7 Å². The van der Waals surface area contributed by atoms with E-state index in [0.717, 1.165) is 18.7 Å². The van der Waals surface area contributed by atoms with Gasteiger partial charge in [0.15, 0.2) is 0 Å². The van der Waals surface area contributed by atoms with Gasteiger partial charge in [0.25, 0.3) is 0 Å². The molecule has 1 saturated heterocycles. The molecular formula is C10H13FN2. The fourth-order valence-corrected chi connectivity index (χ4v) is 1.69. The van der Waals surface area contributed by atoms with Crippen molar-refractivity contribution in [2.24, 2.45) is 0 Å². The predicted octanol–water partition coefficient (Wildman–Crippen LogP) is 1.95. The molecule has 3 heteroatoms. The third-order valence-electron chi connectivity index (χ3n) is 2.46. The molecule has 0 saturated carbocycles. The van der Waals surface area contributed by atoms with Crippen molar-refractivity contribution in [3.8, 4) is 0 Å². The molecule has 13 heavy (non-hydrogen) atoms. The van der Waals surface area contributed by atoms with Gasteiger partial charge in [-0.05, 0) is 38.4 Å². The second kappa shape index (κ2) is 3.42. The molecule has 1 fully saturated rings. The van der Waals surface area contributed by atoms with Crippen molar-refractivity contribution in [3.63, 3.8) is 0 Å². The van der Waals surface area contributed by atoms with E-state index in [1.165, 1.54) is 12.5 Å². The Morgan fingerprint density at radius 3 is 3.00 bits per heavy atom. The summed E-state index contributed by atoms with van der Waals surface area (Å²) in [6.07, 6.45) is 2.29. The number of hydrogen-bond acceptors (Lipinski definition) is 2. The zero-order chi connectivity index (χ0) is 9.26. The Bertz CT molecular complexity index is 306. The first kappa shape index (κ1) is 8.63. The van der Waals surface area contributed by atoms with Crippen LogP contribution in [0.2, 0.25) is 0 Å². The third-order valence-corrected chi connectivity index (χ3v) is 2.46. The molecule has 1 aliphatic heterocycles. The summed E-state index contributed by atoms with van der Waals surface area (Å²) in [6, 6.07) is 3.60. The summed E-state index contributed by atoms with van der Waals surface area (Å²) in [5.74, 6) is -0.221. The molecular weight excluding hydrogens is 167 g/mol. The van der Waals surface area contributed by atoms with Gasteiger partial charge in [0.05, 0.1) is 11.4 Å². The molecule has 0 amide bonds. The SMILES string of the molecule is Cc1nc([C@H]2CCCN2)ccc1F. The maximum atomic E-state index is 12.9. The number of aromatic nitrogens is 1. The number of hydrogen-bond donors (Lipinski definition) is 1. The minimum atomic E-state index is -0.221. The van der Waals surface area contributed by atoms with E-state index >= 15 is 0 Å². The number of aryl methyl sites for hydroxylation is 1. The van der Waals surface area contributed by atoms with E-state index in [4.69, 9.17) is 0 Å². The highest BCUT2D eigenvalue weighted by Crippen LogP contribution is 2.21. The molecule has 2 rings (SSSR count). The van der Waals surface area contributed by atoms with Gasteiger partial charge in [-0.1, -0.05) is 0 Å². The average molecular weight is 180 g/mol. The molecule has 2 heterocycles. The smallest absolute Gasteiger partial charge is 0.144 e. The van der Waals surface area contributed by atoms with Crippen LogP contribution >= 0.6 is 0 Å². The van der Waals surface area contributed by atoms with Gasteiger partial charge in [0, 0.05) is 6.04 Å². The van der Waals surface area contributed by atoms with E-state index in [9.17, 15) is 4.39 Å². The van der Waals surface area contributed by atoms with Crippen molar-refractivity contribution in [3.05, 3.63) is 29.3 Å². The Balaban J connectivity index is 2.25. The Kier molecular flexibility index (Phi) is 2.27. The van der Waals surface area contributed by atoms with Gasteiger partial charge >= 0.3 is 0 Å². The van der Waals surface area contributed by atoms with E-state index < -0.39 is 0 Å². The van der Waals surface area contributed by atoms with Gasteiger partial charge in [0.2, 0.25) is 0 Å². The zero-order valence-electron chi connectivity index (χ0n) is 7.68. The second-order valence-electron chi connectivity index (χ2n) is 3.45. The Hall–Kier alpha value is -0.960. The first-order valence-electron chi connectivity index (χ1n) is 4.64. The number of rotatable bonds is 1. The first-order chi connectivity index (χ1) is 6.27. The summed E-state index contributed by atoms with van der Waals surface area (Å²) in [4.78, 5) is 4.22. The van der Waals surface area contributed by atoms with Crippen LogP contribution in [0.3, 0.4) is 0 Å². The molecule has 0 spiro atoms. The topological polar surface area (TPSA) is 24.9 Å². The lowest BCUT2D eigenvalue weighted by atomic mass is 10.1. The number of nitrogens with zero attached hydrogens (tertiary/aromatic N) is 1. The summed E-state index contributed by atoms with van der Waals surface area (Å²) in [5.41, 5.74) is 1.46. The molecule has 1 atom stereocenters. The summed E-state index contributed by atoms with van der Waals surface area (Å²) in [7, 11) is 0. The Morgan fingerprint density at radius 2 is 2.38 bits per heavy atom. The lowest BCUT2D eigenvalue weighted by molar-refractivity contribution is 0.587. The fourth-order valence-electron chi connectivity index (χ4n) is 1.69. The average Bonchev–Trinajstić information content (AvgIpc) is 2.62. The van der Waals surface area contributed by atoms with Crippen molar-refractivity contribution >= 4 is 0 Å². The second-order valence-corrected chi connectivity index (χ2v) is 3.45. The van der Waals surface area contributed by atoms with Gasteiger partial charge in [-0.2, -0.15) is 0 Å². The van der Waals surface area contributed by atoms with E-state index in [0.29, 0.717) is 11.7 Å². The van der Waals surface area contributed by atoms with Gasteiger partial charge in [-0.15, -0.1) is 0 Å². The van der Waals surface area contributed by atoms with Crippen LogP contribution < -0.4 is 5.32 Å². The summed E-state index contributed by atoms with van der Waals surface area (Å²) in [5, 5.41) is 3.33. The number of pyridine rings is 1. The minimum Gasteiger partial charge on any atom is -0.309 e. The summed E-state index contributed by atoms with van der Waals surface area (Å²) >= 11 is 0. The van der Waals surface area contributed by atoms with E-state index in [1.54, 1.807) is 13.0 Å². The number of halogens is 1. The van der Waals surface area contributed by atoms with Crippen LogP contribution in [0.4, 0.5) is 4.39 Å². The van der Waals surface area contributed by atoms with Crippen molar-refractivity contribution in [2.75, 3.05) is 6.54 Å². The van der Waals surface area contributed by atoms with E-state index in [-0.39, 0.29) is 5.82 Å². The van der Waals surface area contributed by atoms with Crippen molar-refractivity contribution in [2.45, 2.75) is 25.8 Å². The van der Waals surface area contributed by atoms with Crippen molar-refractivity contribution in [1.29, 1.82) is 0 Å². The van der Waals surface area contributed by atoms with Gasteiger partial charge in [-0.3, -0.25) is 4.98 Å². The molecule has 0 bridgehead atoms. The highest BCUT2D eigenvalue weighted by molar-refractivity contribution is 5.15. The predicted molar refractivity (Wildman–Crippen MR) is 48.9 cm³/mol. The van der Waals surface area contributed by atoms with E-state index in [1.807, 2.05) is 0 Å². The molecule has 1 aromatic rings. The molecule has 1 aliphatic rings. The number of nitrogens with one attached hydrogen (secondary N) is 1. The zero-order valence-corrected chi connectivity index (χ0v) is 7.68. The molecule has 1 N–H and O–H groups in total. The molecule has 70 valence electrons. The van der Waals surface area contributed by atoms with Gasteiger partial charge < -0.3 is 5.32 Å². The van der Waals surface area contributed by atoms with Crippen LogP contribution in [0.5, 0.6) is 0 Å². The monoisotopic (exact) mass is 180 g/mol. The molecule has 0 unspecified atom stereocenters. The van der Waals surface area contributed by atoms with Crippen LogP contribution in [-0.4, -0.2) is 11.5 Å². The minimum absolute atomic E-state index is 0.221. The maximum Gasteiger partial charge on any atom is 0.144 e. The Morgan fingerprint density at radius 1 is 1.54 bits per heavy atom. The third kappa shape index (κ3) is 1.70. The molecule has 0 radical (unpaired) electrons. The van der Waals surface area contributed by atoms with Crippen LogP contribution in [0.25, 0.3) is 0 Å². The quantitative estimate of drug-likeness (QED) is 0.714. The molecule has 0 aliphatic carbocycles. The summed E-state index contributed by atoms with van der Waals surface area (Å²) < 4.78 is 12.9. The van der Waals surface area contributed by atoms with Gasteiger partial charge in [-0.25, -0.2) is 4.39 Å². The normalized spacial score (nSPS) is 22.2. The van der Waals surface area contributed by atoms with Crippen LogP contribution in [-0.2, 0) is 0 Å². The van der Waals surface area contributed by atoms with E-state index in [2.05, 4.69) is 10.3 Å². The highest BCUT2D eigenvalue weighted by atomic mass is 19.1. The van der Waals surface area contributed by atoms with Crippen LogP contribution in [0.15, 0.2) is 12.1 Å². The molecule has 0 aromatic carbocycles. The Labute approximate surface area is 77.2 Å². The van der Waals surface area contributed by atoms with Crippen LogP contribution in [0.1, 0.15) is 30.3 Å². The standard InChI is InChI=1S/C10H13FN2/c1-7-8(11)4-5-10(13-7)9-3-2-6-12-9/h4-5,9,12H,2-3,6H2,1H3/t9-/m1/s1. The fraction of sp³-hybridized carbons (Fsp3) is 0.500. The largest absolute Gasteiger partial charge is 0.309 e. The molecule has 2 nitrogen and oxygen atoms in total. The van der Waals surface area contributed by atoms with Gasteiger partial charge in [0.1, 0.15) is 5.82 Å². The maximum absolute atomic E-state index is 12.9. The van der Waals surface area contributed by atoms with Crippen molar-refractivity contribution < 1.29 is 4.39 Å². The van der Waals surface area contributed by atoms with Crippen molar-refractivity contribution in [1.82, 2.24) is 10.3 Å². The summed E-state index contributed by atoms with van der Waals surface area (Å²) in [6.45, 7) is 2.75.